The van der Waals surface area contributed by atoms with Crippen LogP contribution in [-0.4, -0.2) is 11.5 Å². The summed E-state index contributed by atoms with van der Waals surface area (Å²) in [5.74, 6) is 0.370. The van der Waals surface area contributed by atoms with Gasteiger partial charge in [0.1, 0.15) is 6.26 Å². The van der Waals surface area contributed by atoms with Gasteiger partial charge in [0, 0.05) is 12.2 Å². The van der Waals surface area contributed by atoms with Crippen LogP contribution < -0.4 is 4.90 Å². The molecule has 0 fully saturated rings. The first-order valence-electron chi connectivity index (χ1n) is 5.59. The van der Waals surface area contributed by atoms with Crippen molar-refractivity contribution in [2.24, 2.45) is 0 Å². The van der Waals surface area contributed by atoms with Crippen molar-refractivity contribution in [2.45, 2.75) is 19.7 Å². The Balaban J connectivity index is 2.36. The van der Waals surface area contributed by atoms with Crippen molar-refractivity contribution in [1.29, 1.82) is 0 Å². The van der Waals surface area contributed by atoms with Gasteiger partial charge in [0.15, 0.2) is 0 Å². The summed E-state index contributed by atoms with van der Waals surface area (Å²) in [5, 5.41) is 0. The summed E-state index contributed by atoms with van der Waals surface area (Å²) in [6.45, 7) is 4.94. The number of aromatic nitrogens is 1. The molecular formula is C13H15ClN2O. The number of para-hydroxylation sites is 1. The summed E-state index contributed by atoms with van der Waals surface area (Å²) < 4.78 is 5.45. The number of halogens is 1. The molecule has 90 valence electrons. The van der Waals surface area contributed by atoms with Gasteiger partial charge in [0.2, 0.25) is 0 Å². The van der Waals surface area contributed by atoms with E-state index in [0.717, 1.165) is 17.9 Å². The second-order valence-corrected chi connectivity index (χ2v) is 4.05. The van der Waals surface area contributed by atoms with Crippen LogP contribution in [0.2, 0.25) is 0 Å². The van der Waals surface area contributed by atoms with Crippen LogP contribution in [0.15, 0.2) is 34.9 Å². The van der Waals surface area contributed by atoms with Crippen LogP contribution in [0.25, 0.3) is 0 Å². The van der Waals surface area contributed by atoms with E-state index >= 15 is 0 Å². The zero-order chi connectivity index (χ0) is 12.3. The van der Waals surface area contributed by atoms with Crippen molar-refractivity contribution in [3.8, 4) is 0 Å². The van der Waals surface area contributed by atoms with Crippen molar-refractivity contribution < 1.29 is 4.42 Å². The predicted molar refractivity (Wildman–Crippen MR) is 69.9 cm³/mol. The third-order valence-electron chi connectivity index (χ3n) is 2.63. The van der Waals surface area contributed by atoms with Crippen LogP contribution >= 0.6 is 11.6 Å². The number of rotatable bonds is 4. The molecule has 1 aromatic heterocycles. The molecular weight excluding hydrogens is 236 g/mol. The SMILES string of the molecule is CCN(c1nc(CCl)co1)c1ccccc1C. The van der Waals surface area contributed by atoms with Crippen LogP contribution in [-0.2, 0) is 5.88 Å². The number of alkyl halides is 1. The number of benzene rings is 1. The molecule has 2 rings (SSSR count). The summed E-state index contributed by atoms with van der Waals surface area (Å²) in [5.41, 5.74) is 3.06. The van der Waals surface area contributed by atoms with Crippen molar-refractivity contribution in [2.75, 3.05) is 11.4 Å². The second-order valence-electron chi connectivity index (χ2n) is 3.79. The van der Waals surface area contributed by atoms with Gasteiger partial charge in [-0.3, -0.25) is 4.90 Å². The second kappa shape index (κ2) is 5.23. The van der Waals surface area contributed by atoms with Crippen LogP contribution in [0.4, 0.5) is 11.7 Å². The minimum atomic E-state index is 0.370. The highest BCUT2D eigenvalue weighted by Crippen LogP contribution is 2.27. The van der Waals surface area contributed by atoms with Crippen LogP contribution in [0.3, 0.4) is 0 Å². The lowest BCUT2D eigenvalue weighted by Crippen LogP contribution is -2.17. The lowest BCUT2D eigenvalue weighted by atomic mass is 10.2. The minimum Gasteiger partial charge on any atom is -0.431 e. The molecule has 0 amide bonds. The van der Waals surface area contributed by atoms with Gasteiger partial charge in [0.05, 0.1) is 11.6 Å². The largest absolute Gasteiger partial charge is 0.431 e. The van der Waals surface area contributed by atoms with Gasteiger partial charge in [-0.05, 0) is 25.5 Å². The lowest BCUT2D eigenvalue weighted by Gasteiger charge is -2.20. The van der Waals surface area contributed by atoms with E-state index in [1.165, 1.54) is 5.56 Å². The number of hydrogen-bond acceptors (Lipinski definition) is 3. The van der Waals surface area contributed by atoms with E-state index in [2.05, 4.69) is 31.0 Å². The minimum absolute atomic E-state index is 0.370. The highest BCUT2D eigenvalue weighted by Gasteiger charge is 2.14. The highest BCUT2D eigenvalue weighted by molar-refractivity contribution is 6.16. The van der Waals surface area contributed by atoms with Crippen LogP contribution in [0, 0.1) is 6.92 Å². The first kappa shape index (κ1) is 12.0. The molecule has 1 heterocycles. The molecule has 4 heteroatoms. The van der Waals surface area contributed by atoms with Crippen molar-refractivity contribution in [3.63, 3.8) is 0 Å². The van der Waals surface area contributed by atoms with E-state index < -0.39 is 0 Å². The van der Waals surface area contributed by atoms with E-state index in [1.807, 2.05) is 17.0 Å². The van der Waals surface area contributed by atoms with Crippen LogP contribution in [0.5, 0.6) is 0 Å². The smallest absolute Gasteiger partial charge is 0.302 e. The Kier molecular flexibility index (Phi) is 3.69. The Hall–Kier alpha value is -1.48. The Morgan fingerprint density at radius 1 is 1.35 bits per heavy atom. The molecule has 2 aromatic rings. The van der Waals surface area contributed by atoms with Crippen molar-refractivity contribution in [1.82, 2.24) is 4.98 Å². The molecule has 0 radical (unpaired) electrons. The van der Waals surface area contributed by atoms with Gasteiger partial charge in [-0.1, -0.05) is 18.2 Å². The van der Waals surface area contributed by atoms with E-state index in [1.54, 1.807) is 6.26 Å². The molecule has 0 aliphatic carbocycles. The standard InChI is InChI=1S/C13H15ClN2O/c1-3-16(12-7-5-4-6-10(12)2)13-15-11(8-14)9-17-13/h4-7,9H,3,8H2,1-2H3. The molecule has 0 aliphatic rings. The summed E-state index contributed by atoms with van der Waals surface area (Å²) in [7, 11) is 0. The molecule has 0 spiro atoms. The van der Waals surface area contributed by atoms with E-state index in [-0.39, 0.29) is 0 Å². The third-order valence-corrected chi connectivity index (χ3v) is 2.90. The first-order valence-corrected chi connectivity index (χ1v) is 6.13. The fourth-order valence-electron chi connectivity index (χ4n) is 1.76. The Bertz CT molecular complexity index is 496. The zero-order valence-corrected chi connectivity index (χ0v) is 10.7. The number of nitrogens with zero attached hydrogens (tertiary/aromatic N) is 2. The molecule has 0 saturated carbocycles. The van der Waals surface area contributed by atoms with Gasteiger partial charge in [-0.2, -0.15) is 4.98 Å². The summed E-state index contributed by atoms with van der Waals surface area (Å²) in [6, 6.07) is 8.76. The molecule has 0 saturated heterocycles. The normalized spacial score (nSPS) is 10.5. The van der Waals surface area contributed by atoms with Gasteiger partial charge in [0.25, 0.3) is 0 Å². The summed E-state index contributed by atoms with van der Waals surface area (Å²) in [4.78, 5) is 6.38. The average molecular weight is 251 g/mol. The van der Waals surface area contributed by atoms with Crippen molar-refractivity contribution >= 4 is 23.3 Å². The fraction of sp³-hybridized carbons (Fsp3) is 0.308. The van der Waals surface area contributed by atoms with Crippen molar-refractivity contribution in [3.05, 3.63) is 41.8 Å². The topological polar surface area (TPSA) is 29.3 Å². The Morgan fingerprint density at radius 3 is 2.71 bits per heavy atom. The van der Waals surface area contributed by atoms with E-state index in [0.29, 0.717) is 11.9 Å². The van der Waals surface area contributed by atoms with Gasteiger partial charge < -0.3 is 4.42 Å². The number of anilines is 2. The molecule has 17 heavy (non-hydrogen) atoms. The average Bonchev–Trinajstić information content (AvgIpc) is 2.81. The number of hydrogen-bond donors (Lipinski definition) is 0. The van der Waals surface area contributed by atoms with Gasteiger partial charge >= 0.3 is 6.01 Å². The predicted octanol–water partition coefficient (Wildman–Crippen LogP) is 3.88. The molecule has 1 aromatic carbocycles. The van der Waals surface area contributed by atoms with E-state index in [9.17, 15) is 0 Å². The maximum Gasteiger partial charge on any atom is 0.302 e. The molecule has 0 atom stereocenters. The maximum atomic E-state index is 5.72. The third kappa shape index (κ3) is 2.44. The highest BCUT2D eigenvalue weighted by atomic mass is 35.5. The molecule has 0 bridgehead atoms. The Morgan fingerprint density at radius 2 is 2.12 bits per heavy atom. The summed E-state index contributed by atoms with van der Waals surface area (Å²) in [6.07, 6.45) is 1.60. The Labute approximate surface area is 106 Å². The van der Waals surface area contributed by atoms with Gasteiger partial charge in [-0.15, -0.1) is 11.6 Å². The molecule has 3 nitrogen and oxygen atoms in total. The van der Waals surface area contributed by atoms with Gasteiger partial charge in [-0.25, -0.2) is 0 Å². The first-order chi connectivity index (χ1) is 8.26. The zero-order valence-electron chi connectivity index (χ0n) is 9.98. The van der Waals surface area contributed by atoms with E-state index in [4.69, 9.17) is 16.0 Å². The number of oxazole rings is 1. The summed E-state index contributed by atoms with van der Waals surface area (Å²) >= 11 is 5.72. The number of aryl methyl sites for hydroxylation is 1. The molecule has 0 N–H and O–H groups in total. The molecule has 0 aliphatic heterocycles. The monoisotopic (exact) mass is 250 g/mol. The quantitative estimate of drug-likeness (QED) is 0.772. The fourth-order valence-corrected chi connectivity index (χ4v) is 1.88. The lowest BCUT2D eigenvalue weighted by molar-refractivity contribution is 0.554. The van der Waals surface area contributed by atoms with Crippen LogP contribution in [0.1, 0.15) is 18.2 Å². The molecule has 0 unspecified atom stereocenters. The maximum absolute atomic E-state index is 5.72.